The van der Waals surface area contributed by atoms with Gasteiger partial charge in [0.05, 0.1) is 6.61 Å². The maximum absolute atomic E-state index is 11.6. The Morgan fingerprint density at radius 2 is 2.15 bits per heavy atom. The van der Waals surface area contributed by atoms with E-state index in [-0.39, 0.29) is 46.6 Å². The van der Waals surface area contributed by atoms with Gasteiger partial charge in [0.1, 0.15) is 6.67 Å². The molecule has 1 aromatic carbocycles. The topological polar surface area (TPSA) is 9.23 Å². The van der Waals surface area contributed by atoms with Crippen molar-refractivity contribution >= 4 is 23.1 Å². The van der Waals surface area contributed by atoms with Crippen molar-refractivity contribution in [3.63, 3.8) is 0 Å². The van der Waals surface area contributed by atoms with Crippen LogP contribution in [-0.2, 0) is 11.3 Å². The average Bonchev–Trinajstić information content (AvgIpc) is 2.07. The minimum atomic E-state index is -0.424. The normalized spacial score (nSPS) is 8.38. The first-order valence-corrected chi connectivity index (χ1v) is 3.53. The number of ether oxygens (including phenoxy) is 1. The zero-order chi connectivity index (χ0) is 7.94. The van der Waals surface area contributed by atoms with Crippen molar-refractivity contribution in [3.8, 4) is 0 Å². The first-order valence-electron chi connectivity index (χ1n) is 3.53. The molecule has 0 unspecified atom stereocenters. The Morgan fingerprint density at radius 1 is 1.38 bits per heavy atom. The summed E-state index contributed by atoms with van der Waals surface area (Å²) in [7, 11) is 0. The minimum Gasteiger partial charge on any atom is -1.00 e. The van der Waals surface area contributed by atoms with Crippen LogP contribution in [0.15, 0.2) is 24.3 Å². The van der Waals surface area contributed by atoms with Crippen molar-refractivity contribution in [2.45, 2.75) is 6.61 Å². The molecule has 0 saturated carbocycles. The van der Waals surface area contributed by atoms with E-state index in [1.807, 2.05) is 24.3 Å². The summed E-state index contributed by atoms with van der Waals surface area (Å²) in [6.07, 6.45) is 0. The Balaban J connectivity index is 0. The number of rotatable bonds is 4. The van der Waals surface area contributed by atoms with Crippen LogP contribution in [-0.4, -0.2) is 36.3 Å². The number of hydrogen-bond acceptors (Lipinski definition) is 1. The fraction of sp³-hybridized carbons (Fsp3) is 0.333. The second kappa shape index (κ2) is 10.4. The Bertz CT molecular complexity index is 196. The van der Waals surface area contributed by atoms with E-state index in [1.54, 1.807) is 0 Å². The summed E-state index contributed by atoms with van der Waals surface area (Å²) in [6.45, 7) is 0.195. The van der Waals surface area contributed by atoms with Crippen LogP contribution in [0.4, 0.5) is 4.39 Å². The van der Waals surface area contributed by atoms with E-state index < -0.39 is 6.67 Å². The SMILES string of the molecule is FCCOCc1[c-]cccc1.[Br-].[Mg+2]. The predicted molar refractivity (Wildman–Crippen MR) is 46.7 cm³/mol. The molecule has 0 aromatic heterocycles. The number of hydrogen-bond donors (Lipinski definition) is 0. The molecule has 0 fully saturated rings. The zero-order valence-electron chi connectivity index (χ0n) is 7.30. The second-order valence-electron chi connectivity index (χ2n) is 2.13. The molecule has 0 radical (unpaired) electrons. The van der Waals surface area contributed by atoms with Gasteiger partial charge in [-0.25, -0.2) is 4.39 Å². The van der Waals surface area contributed by atoms with E-state index in [0.717, 1.165) is 5.56 Å². The van der Waals surface area contributed by atoms with E-state index in [4.69, 9.17) is 4.74 Å². The molecule has 0 aliphatic heterocycles. The van der Waals surface area contributed by atoms with Crippen LogP contribution in [0.25, 0.3) is 0 Å². The minimum absolute atomic E-state index is 0. The summed E-state index contributed by atoms with van der Waals surface area (Å²) >= 11 is 0. The van der Waals surface area contributed by atoms with Crippen LogP contribution in [0.5, 0.6) is 0 Å². The van der Waals surface area contributed by atoms with E-state index in [2.05, 4.69) is 6.07 Å². The molecule has 1 rings (SSSR count). The monoisotopic (exact) mass is 256 g/mol. The quantitative estimate of drug-likeness (QED) is 0.366. The van der Waals surface area contributed by atoms with Gasteiger partial charge in [0.2, 0.25) is 0 Å². The van der Waals surface area contributed by atoms with Gasteiger partial charge in [-0.3, -0.25) is 0 Å². The van der Waals surface area contributed by atoms with Gasteiger partial charge in [0.15, 0.2) is 0 Å². The van der Waals surface area contributed by atoms with Gasteiger partial charge in [0, 0.05) is 6.61 Å². The van der Waals surface area contributed by atoms with Gasteiger partial charge in [-0.15, -0.1) is 5.56 Å². The number of halogens is 2. The molecule has 0 aliphatic carbocycles. The molecule has 0 spiro atoms. The van der Waals surface area contributed by atoms with Crippen LogP contribution in [0, 0.1) is 6.07 Å². The van der Waals surface area contributed by atoms with Crippen LogP contribution >= 0.6 is 0 Å². The smallest absolute Gasteiger partial charge is 1.00 e. The van der Waals surface area contributed by atoms with Crippen LogP contribution in [0.3, 0.4) is 0 Å². The molecule has 13 heavy (non-hydrogen) atoms. The molecule has 0 heterocycles. The van der Waals surface area contributed by atoms with Crippen LogP contribution < -0.4 is 17.0 Å². The Hall–Kier alpha value is 0.356. The molecule has 0 amide bonds. The molecule has 0 atom stereocenters. The molecule has 4 heteroatoms. The molecular weight excluding hydrogens is 247 g/mol. The van der Waals surface area contributed by atoms with Gasteiger partial charge >= 0.3 is 23.1 Å². The van der Waals surface area contributed by atoms with Gasteiger partial charge in [-0.2, -0.15) is 30.3 Å². The van der Waals surface area contributed by atoms with E-state index >= 15 is 0 Å². The first kappa shape index (κ1) is 15.8. The average molecular weight is 257 g/mol. The molecule has 1 nitrogen and oxygen atoms in total. The molecule has 0 saturated heterocycles. The summed E-state index contributed by atoms with van der Waals surface area (Å²) in [4.78, 5) is 0. The summed E-state index contributed by atoms with van der Waals surface area (Å²) in [5, 5.41) is 0. The third-order valence-electron chi connectivity index (χ3n) is 1.25. The van der Waals surface area contributed by atoms with Crippen LogP contribution in [0.2, 0.25) is 0 Å². The predicted octanol–water partition coefficient (Wildman–Crippen LogP) is -1.40. The van der Waals surface area contributed by atoms with Crippen molar-refractivity contribution in [1.29, 1.82) is 0 Å². The third kappa shape index (κ3) is 7.43. The maximum atomic E-state index is 11.6. The van der Waals surface area contributed by atoms with Crippen molar-refractivity contribution in [2.75, 3.05) is 13.3 Å². The molecule has 0 bridgehead atoms. The molecule has 0 aliphatic rings. The van der Waals surface area contributed by atoms with E-state index in [9.17, 15) is 4.39 Å². The van der Waals surface area contributed by atoms with Crippen molar-refractivity contribution in [2.24, 2.45) is 0 Å². The fourth-order valence-corrected chi connectivity index (χ4v) is 0.757. The van der Waals surface area contributed by atoms with Crippen LogP contribution in [0.1, 0.15) is 5.56 Å². The van der Waals surface area contributed by atoms with Gasteiger partial charge < -0.3 is 21.7 Å². The zero-order valence-corrected chi connectivity index (χ0v) is 10.3. The van der Waals surface area contributed by atoms with Gasteiger partial charge in [0.25, 0.3) is 0 Å². The summed E-state index contributed by atoms with van der Waals surface area (Å²) in [5.41, 5.74) is 0.959. The molecular formula is C9H10BrFMgO. The first-order chi connectivity index (χ1) is 5.43. The summed E-state index contributed by atoms with van der Waals surface area (Å²) in [5.74, 6) is 0. The second-order valence-corrected chi connectivity index (χ2v) is 2.13. The van der Waals surface area contributed by atoms with Crippen molar-refractivity contribution < 1.29 is 26.1 Å². The fourth-order valence-electron chi connectivity index (χ4n) is 0.757. The van der Waals surface area contributed by atoms with Crippen molar-refractivity contribution in [1.82, 2.24) is 0 Å². The number of alkyl halides is 1. The number of benzene rings is 1. The van der Waals surface area contributed by atoms with E-state index in [1.165, 1.54) is 0 Å². The molecule has 68 valence electrons. The standard InChI is InChI=1S/C9H10FO.BrH.Mg/c10-6-7-11-8-9-4-2-1-3-5-9;;/h1-4H,6-8H2;1H;/q-1;;+2/p-1. The third-order valence-corrected chi connectivity index (χ3v) is 1.25. The van der Waals surface area contributed by atoms with Gasteiger partial charge in [-0.1, -0.05) is 0 Å². The maximum Gasteiger partial charge on any atom is 2.00 e. The van der Waals surface area contributed by atoms with Gasteiger partial charge in [-0.05, 0) is 0 Å². The van der Waals surface area contributed by atoms with E-state index in [0.29, 0.717) is 6.61 Å². The summed E-state index contributed by atoms with van der Waals surface area (Å²) < 4.78 is 16.5. The molecule has 0 N–H and O–H groups in total. The molecule has 1 aromatic rings. The Morgan fingerprint density at radius 3 is 2.69 bits per heavy atom. The largest absolute Gasteiger partial charge is 2.00 e. The summed E-state index contributed by atoms with van der Waals surface area (Å²) in [6, 6.07) is 10.5. The Kier molecular flexibility index (Phi) is 12.7. The van der Waals surface area contributed by atoms with Crippen molar-refractivity contribution in [3.05, 3.63) is 35.9 Å². The Labute approximate surface area is 105 Å².